The van der Waals surface area contributed by atoms with E-state index in [1.54, 1.807) is 0 Å². The first-order chi connectivity index (χ1) is 24.8. The van der Waals surface area contributed by atoms with Gasteiger partial charge in [-0.25, -0.2) is 4.57 Å². The van der Waals surface area contributed by atoms with Crippen molar-refractivity contribution < 1.29 is 37.9 Å². The minimum absolute atomic E-state index is 0.206. The van der Waals surface area contributed by atoms with E-state index >= 15 is 0 Å². The normalized spacial score (nSPS) is 12.6. The molecule has 0 heterocycles. The Labute approximate surface area is 313 Å². The minimum Gasteiger partial charge on any atom is -0.462 e. The molecular formula is C42H79O8P. The molecule has 0 aromatic heterocycles. The van der Waals surface area contributed by atoms with Crippen molar-refractivity contribution >= 4 is 19.8 Å². The summed E-state index contributed by atoms with van der Waals surface area (Å²) in [4.78, 5) is 42.8. The van der Waals surface area contributed by atoms with E-state index in [2.05, 4.69) is 42.7 Å². The predicted molar refractivity (Wildman–Crippen MR) is 212 cm³/mol. The molecule has 0 aromatic rings. The lowest BCUT2D eigenvalue weighted by molar-refractivity contribution is -0.161. The molecule has 1 unspecified atom stereocenters. The fourth-order valence-corrected chi connectivity index (χ4v) is 6.41. The Bertz CT molecular complexity index is 884. The van der Waals surface area contributed by atoms with Gasteiger partial charge in [0.15, 0.2) is 6.10 Å². The van der Waals surface area contributed by atoms with Crippen LogP contribution < -0.4 is 0 Å². The van der Waals surface area contributed by atoms with E-state index in [0.29, 0.717) is 6.42 Å². The third-order valence-corrected chi connectivity index (χ3v) is 9.71. The number of hydrogen-bond acceptors (Lipinski definition) is 6. The van der Waals surface area contributed by atoms with Gasteiger partial charge in [-0.3, -0.25) is 14.1 Å². The molecule has 0 aliphatic heterocycles. The number of allylic oxidation sites excluding steroid dienone is 4. The number of ether oxygens (including phenoxy) is 2. The molecule has 9 heteroatoms. The third kappa shape index (κ3) is 41.2. The van der Waals surface area contributed by atoms with E-state index in [9.17, 15) is 14.2 Å². The van der Waals surface area contributed by atoms with Crippen LogP contribution in [0.2, 0.25) is 0 Å². The Kier molecular flexibility index (Phi) is 37.2. The van der Waals surface area contributed by atoms with Crippen LogP contribution in [0.5, 0.6) is 0 Å². The van der Waals surface area contributed by atoms with Crippen LogP contribution in [0.4, 0.5) is 0 Å². The number of unbranched alkanes of at least 4 members (excludes halogenated alkanes) is 25. The number of carbonyl (C=O) groups excluding carboxylic acids is 2. The molecule has 2 N–H and O–H groups in total. The van der Waals surface area contributed by atoms with Crippen LogP contribution in [0.3, 0.4) is 0 Å². The third-order valence-electron chi connectivity index (χ3n) is 9.22. The van der Waals surface area contributed by atoms with E-state index in [-0.39, 0.29) is 19.4 Å². The van der Waals surface area contributed by atoms with Crippen molar-refractivity contribution in [1.82, 2.24) is 0 Å². The average molecular weight is 743 g/mol. The molecule has 8 nitrogen and oxygen atoms in total. The van der Waals surface area contributed by atoms with Gasteiger partial charge in [-0.05, 0) is 44.9 Å². The van der Waals surface area contributed by atoms with Crippen LogP contribution in [0.1, 0.15) is 213 Å². The molecule has 0 rings (SSSR count). The van der Waals surface area contributed by atoms with Crippen molar-refractivity contribution in [3.63, 3.8) is 0 Å². The van der Waals surface area contributed by atoms with Crippen LogP contribution >= 0.6 is 7.82 Å². The number of phosphoric acid groups is 1. The molecule has 0 spiro atoms. The van der Waals surface area contributed by atoms with Crippen LogP contribution in [0, 0.1) is 0 Å². The quantitative estimate of drug-likeness (QED) is 0.0276. The van der Waals surface area contributed by atoms with Gasteiger partial charge in [-0.1, -0.05) is 179 Å². The SMILES string of the molecule is CCCCCC/C=C\C/C=C\CCCCCCCCCC(=O)OC(COC(=O)CCCCCCCCCCCCCCCCC)COP(=O)(O)O. The highest BCUT2D eigenvalue weighted by Crippen LogP contribution is 2.36. The van der Waals surface area contributed by atoms with Crippen molar-refractivity contribution in [3.05, 3.63) is 24.3 Å². The van der Waals surface area contributed by atoms with Gasteiger partial charge >= 0.3 is 19.8 Å². The minimum atomic E-state index is -4.75. The maximum absolute atomic E-state index is 12.4. The van der Waals surface area contributed by atoms with Crippen LogP contribution in [-0.4, -0.2) is 41.0 Å². The summed E-state index contributed by atoms with van der Waals surface area (Å²) >= 11 is 0. The first-order valence-electron chi connectivity index (χ1n) is 21.1. The summed E-state index contributed by atoms with van der Waals surface area (Å²) in [5.74, 6) is -0.885. The van der Waals surface area contributed by atoms with Gasteiger partial charge in [0.2, 0.25) is 0 Å². The van der Waals surface area contributed by atoms with Crippen molar-refractivity contribution in [1.29, 1.82) is 0 Å². The number of rotatable bonds is 39. The maximum atomic E-state index is 12.4. The van der Waals surface area contributed by atoms with E-state index in [4.69, 9.17) is 19.3 Å². The zero-order chi connectivity index (χ0) is 37.5. The number of carbonyl (C=O) groups is 2. The molecule has 0 aliphatic rings. The van der Waals surface area contributed by atoms with Crippen molar-refractivity contribution in [2.24, 2.45) is 0 Å². The van der Waals surface area contributed by atoms with Crippen molar-refractivity contribution in [2.45, 2.75) is 219 Å². The lowest BCUT2D eigenvalue weighted by Crippen LogP contribution is -2.29. The number of hydrogen-bond donors (Lipinski definition) is 2. The highest BCUT2D eigenvalue weighted by molar-refractivity contribution is 7.46. The lowest BCUT2D eigenvalue weighted by atomic mass is 10.0. The Balaban J connectivity index is 3.91. The monoisotopic (exact) mass is 743 g/mol. The first-order valence-corrected chi connectivity index (χ1v) is 22.7. The lowest BCUT2D eigenvalue weighted by Gasteiger charge is -2.18. The first kappa shape index (κ1) is 49.5. The summed E-state index contributed by atoms with van der Waals surface area (Å²) < 4.78 is 26.4. The Morgan fingerprint density at radius 1 is 0.510 bits per heavy atom. The molecule has 0 aliphatic carbocycles. The van der Waals surface area contributed by atoms with E-state index in [1.165, 1.54) is 128 Å². The van der Waals surface area contributed by atoms with Gasteiger partial charge in [-0.15, -0.1) is 0 Å². The fraction of sp³-hybridized carbons (Fsp3) is 0.857. The van der Waals surface area contributed by atoms with Gasteiger partial charge in [0.1, 0.15) is 6.61 Å². The van der Waals surface area contributed by atoms with Gasteiger partial charge < -0.3 is 19.3 Å². The second-order valence-corrected chi connectivity index (χ2v) is 15.6. The summed E-state index contributed by atoms with van der Waals surface area (Å²) in [6, 6.07) is 0. The van der Waals surface area contributed by atoms with Crippen molar-refractivity contribution in [2.75, 3.05) is 13.2 Å². The molecule has 0 radical (unpaired) electrons. The van der Waals surface area contributed by atoms with Gasteiger partial charge in [0, 0.05) is 12.8 Å². The standard InChI is InChI=1S/C42H79O8P/c1-3-5-7-9-11-13-15-17-19-20-21-23-25-27-29-31-33-35-37-42(44)50-40(39-49-51(45,46)47)38-48-41(43)36-34-32-30-28-26-24-22-18-16-14-12-10-8-6-4-2/h13,15,19-20,40H,3-12,14,16-18,21-39H2,1-2H3,(H2,45,46,47)/b15-13-,20-19-. The molecule has 0 fully saturated rings. The Morgan fingerprint density at radius 2 is 0.882 bits per heavy atom. The zero-order valence-corrected chi connectivity index (χ0v) is 33.9. The molecule has 0 amide bonds. The van der Waals surface area contributed by atoms with Crippen LogP contribution in [0.25, 0.3) is 0 Å². The van der Waals surface area contributed by atoms with Gasteiger partial charge in [0.25, 0.3) is 0 Å². The van der Waals surface area contributed by atoms with E-state index in [0.717, 1.165) is 51.4 Å². The highest BCUT2D eigenvalue weighted by atomic mass is 31.2. The van der Waals surface area contributed by atoms with Gasteiger partial charge in [0.05, 0.1) is 6.61 Å². The molecule has 300 valence electrons. The largest absolute Gasteiger partial charge is 0.469 e. The second kappa shape index (κ2) is 38.3. The highest BCUT2D eigenvalue weighted by Gasteiger charge is 2.22. The molecule has 0 saturated heterocycles. The summed E-state index contributed by atoms with van der Waals surface area (Å²) in [5.41, 5.74) is 0. The van der Waals surface area contributed by atoms with E-state index in [1.807, 2.05) is 0 Å². The van der Waals surface area contributed by atoms with Gasteiger partial charge in [-0.2, -0.15) is 0 Å². The van der Waals surface area contributed by atoms with Crippen molar-refractivity contribution in [3.8, 4) is 0 Å². The smallest absolute Gasteiger partial charge is 0.462 e. The summed E-state index contributed by atoms with van der Waals surface area (Å²) in [7, 11) is -4.75. The number of phosphoric ester groups is 1. The Morgan fingerprint density at radius 3 is 1.31 bits per heavy atom. The molecular weight excluding hydrogens is 663 g/mol. The molecule has 1 atom stereocenters. The average Bonchev–Trinajstić information content (AvgIpc) is 3.10. The number of esters is 2. The van der Waals surface area contributed by atoms with E-state index < -0.39 is 32.5 Å². The zero-order valence-electron chi connectivity index (χ0n) is 33.0. The predicted octanol–water partition coefficient (Wildman–Crippen LogP) is 12.8. The molecule has 0 saturated carbocycles. The molecule has 51 heavy (non-hydrogen) atoms. The molecule has 0 aromatic carbocycles. The summed E-state index contributed by atoms with van der Waals surface area (Å²) in [6.45, 7) is 3.68. The summed E-state index contributed by atoms with van der Waals surface area (Å²) in [5, 5.41) is 0. The molecule has 0 bridgehead atoms. The maximum Gasteiger partial charge on any atom is 0.469 e. The summed E-state index contributed by atoms with van der Waals surface area (Å²) in [6.07, 6.45) is 43.2. The van der Waals surface area contributed by atoms with Crippen LogP contribution in [0.15, 0.2) is 24.3 Å². The van der Waals surface area contributed by atoms with Crippen LogP contribution in [-0.2, 0) is 28.2 Å². The topological polar surface area (TPSA) is 119 Å². The second-order valence-electron chi connectivity index (χ2n) is 14.3. The Hall–Kier alpha value is -1.47. The fourth-order valence-electron chi connectivity index (χ4n) is 6.05.